The second kappa shape index (κ2) is 9.75. The summed E-state index contributed by atoms with van der Waals surface area (Å²) in [5.74, 6) is 0.623. The molecule has 1 aliphatic carbocycles. The van der Waals surface area contributed by atoms with Gasteiger partial charge in [0.15, 0.2) is 5.16 Å². The Morgan fingerprint density at radius 1 is 1.22 bits per heavy atom. The van der Waals surface area contributed by atoms with Gasteiger partial charge in [0.25, 0.3) is 0 Å². The molecule has 166 valence electrons. The summed E-state index contributed by atoms with van der Waals surface area (Å²) in [6, 6.07) is 14.9. The van der Waals surface area contributed by atoms with Crippen molar-refractivity contribution in [3.05, 3.63) is 70.5 Å². The fraction of sp³-hybridized carbons (Fsp3) is 0.304. The number of carbonyl (C=O) groups is 2. The lowest BCUT2D eigenvalue weighted by Crippen LogP contribution is -2.20. The Morgan fingerprint density at radius 3 is 2.62 bits per heavy atom. The number of rotatable bonds is 9. The molecule has 1 aromatic heterocycles. The molecule has 1 fully saturated rings. The summed E-state index contributed by atoms with van der Waals surface area (Å²) in [6.45, 7) is 2.31. The largest absolute Gasteiger partial charge is 0.370 e. The van der Waals surface area contributed by atoms with Gasteiger partial charge in [0.05, 0.1) is 0 Å². The lowest BCUT2D eigenvalue weighted by atomic mass is 10.1. The van der Waals surface area contributed by atoms with Crippen LogP contribution in [-0.4, -0.2) is 26.6 Å². The zero-order valence-electron chi connectivity index (χ0n) is 17.6. The SMILES string of the molecule is Cc1ccc(NC(=O)C(Sc2nnc(C3CC3)n2CCC(N)=O)c2ccccc2)cc1Cl. The molecule has 0 aliphatic heterocycles. The van der Waals surface area contributed by atoms with E-state index in [2.05, 4.69) is 15.5 Å². The first-order valence-electron chi connectivity index (χ1n) is 10.4. The number of nitrogens with one attached hydrogen (secondary N) is 1. The first-order chi connectivity index (χ1) is 15.4. The van der Waals surface area contributed by atoms with Crippen LogP contribution in [0.3, 0.4) is 0 Å². The highest BCUT2D eigenvalue weighted by atomic mass is 35.5. The summed E-state index contributed by atoms with van der Waals surface area (Å²) >= 11 is 7.54. The normalized spacial score (nSPS) is 14.2. The van der Waals surface area contributed by atoms with Crippen LogP contribution in [0.25, 0.3) is 0 Å². The number of benzene rings is 2. The third kappa shape index (κ3) is 5.31. The van der Waals surface area contributed by atoms with E-state index in [1.54, 1.807) is 6.07 Å². The fourth-order valence-corrected chi connectivity index (χ4v) is 4.60. The summed E-state index contributed by atoms with van der Waals surface area (Å²) in [5, 5.41) is 12.3. The van der Waals surface area contributed by atoms with Crippen LogP contribution < -0.4 is 11.1 Å². The third-order valence-corrected chi connectivity index (χ3v) is 6.91. The van der Waals surface area contributed by atoms with Crippen molar-refractivity contribution in [2.24, 2.45) is 5.73 Å². The van der Waals surface area contributed by atoms with E-state index >= 15 is 0 Å². The van der Waals surface area contributed by atoms with Crippen molar-refractivity contribution >= 4 is 40.9 Å². The quantitative estimate of drug-likeness (QED) is 0.450. The van der Waals surface area contributed by atoms with Crippen molar-refractivity contribution in [1.82, 2.24) is 14.8 Å². The molecule has 0 radical (unpaired) electrons. The first kappa shape index (κ1) is 22.4. The molecule has 1 aliphatic rings. The minimum Gasteiger partial charge on any atom is -0.370 e. The highest BCUT2D eigenvalue weighted by Gasteiger charge is 2.32. The number of nitrogens with two attached hydrogens (primary N) is 1. The lowest BCUT2D eigenvalue weighted by Gasteiger charge is -2.18. The summed E-state index contributed by atoms with van der Waals surface area (Å²) in [5.41, 5.74) is 7.78. The minimum absolute atomic E-state index is 0.190. The Morgan fingerprint density at radius 2 is 1.97 bits per heavy atom. The number of halogens is 1. The monoisotopic (exact) mass is 469 g/mol. The average Bonchev–Trinajstić information content (AvgIpc) is 3.54. The zero-order chi connectivity index (χ0) is 22.7. The number of primary amides is 1. The van der Waals surface area contributed by atoms with Gasteiger partial charge >= 0.3 is 0 Å². The Labute approximate surface area is 195 Å². The predicted molar refractivity (Wildman–Crippen MR) is 126 cm³/mol. The Hall–Kier alpha value is -2.84. The standard InChI is InChI=1S/C23H24ClN5O2S/c1-14-7-10-17(13-18(14)24)26-22(31)20(15-5-3-2-4-6-15)32-23-28-27-21(16-8-9-16)29(23)12-11-19(25)30/h2-7,10,13,16,20H,8-9,11-12H2,1H3,(H2,25,30)(H,26,31). The van der Waals surface area contributed by atoms with Gasteiger partial charge in [-0.05, 0) is 43.0 Å². The van der Waals surface area contributed by atoms with Crippen LogP contribution in [0, 0.1) is 6.92 Å². The Balaban J connectivity index is 1.62. The smallest absolute Gasteiger partial charge is 0.242 e. The maximum absolute atomic E-state index is 13.3. The number of aromatic nitrogens is 3. The van der Waals surface area contributed by atoms with Crippen LogP contribution in [0.1, 0.15) is 47.4 Å². The predicted octanol–water partition coefficient (Wildman–Crippen LogP) is 4.46. The molecule has 9 heteroatoms. The molecule has 2 amide bonds. The number of nitrogens with zero attached hydrogens (tertiary/aromatic N) is 3. The maximum atomic E-state index is 13.3. The van der Waals surface area contributed by atoms with Crippen molar-refractivity contribution in [1.29, 1.82) is 0 Å². The molecule has 32 heavy (non-hydrogen) atoms. The molecule has 4 rings (SSSR count). The second-order valence-corrected chi connectivity index (χ2v) is 9.32. The number of anilines is 1. The number of hydrogen-bond donors (Lipinski definition) is 2. The second-order valence-electron chi connectivity index (χ2n) is 7.84. The minimum atomic E-state index is -0.570. The molecule has 1 saturated carbocycles. The summed E-state index contributed by atoms with van der Waals surface area (Å²) in [6.07, 6.45) is 2.29. The van der Waals surface area contributed by atoms with Crippen molar-refractivity contribution in [3.63, 3.8) is 0 Å². The van der Waals surface area contributed by atoms with E-state index in [-0.39, 0.29) is 18.2 Å². The van der Waals surface area contributed by atoms with Crippen molar-refractivity contribution in [2.45, 2.75) is 49.1 Å². The maximum Gasteiger partial charge on any atom is 0.242 e. The molecule has 2 aromatic carbocycles. The van der Waals surface area contributed by atoms with Gasteiger partial charge in [0.2, 0.25) is 11.8 Å². The molecule has 0 spiro atoms. The van der Waals surface area contributed by atoms with Gasteiger partial charge < -0.3 is 15.6 Å². The Bertz CT molecular complexity index is 1130. The molecule has 1 unspecified atom stereocenters. The van der Waals surface area contributed by atoms with E-state index in [0.29, 0.717) is 28.3 Å². The highest BCUT2D eigenvalue weighted by molar-refractivity contribution is 8.00. The Kier molecular flexibility index (Phi) is 6.81. The summed E-state index contributed by atoms with van der Waals surface area (Å²) < 4.78 is 1.93. The zero-order valence-corrected chi connectivity index (χ0v) is 19.2. The molecule has 3 N–H and O–H groups in total. The molecule has 3 aromatic rings. The van der Waals surface area contributed by atoms with E-state index in [0.717, 1.165) is 29.8 Å². The van der Waals surface area contributed by atoms with Gasteiger partial charge in [-0.25, -0.2) is 0 Å². The molecular weight excluding hydrogens is 446 g/mol. The van der Waals surface area contributed by atoms with Crippen molar-refractivity contribution < 1.29 is 9.59 Å². The molecule has 0 saturated heterocycles. The van der Waals surface area contributed by atoms with Crippen molar-refractivity contribution in [2.75, 3.05) is 5.32 Å². The van der Waals surface area contributed by atoms with Crippen LogP contribution >= 0.6 is 23.4 Å². The van der Waals surface area contributed by atoms with Gasteiger partial charge in [-0.15, -0.1) is 10.2 Å². The van der Waals surface area contributed by atoms with Gasteiger partial charge in [0, 0.05) is 29.6 Å². The van der Waals surface area contributed by atoms with Crippen LogP contribution in [-0.2, 0) is 16.1 Å². The van der Waals surface area contributed by atoms with Crippen LogP contribution in [0.5, 0.6) is 0 Å². The number of carbonyl (C=O) groups excluding carboxylic acids is 2. The number of hydrogen-bond acceptors (Lipinski definition) is 5. The summed E-state index contributed by atoms with van der Waals surface area (Å²) in [7, 11) is 0. The van der Waals surface area contributed by atoms with Crippen molar-refractivity contribution in [3.8, 4) is 0 Å². The fourth-order valence-electron chi connectivity index (χ4n) is 3.35. The van der Waals surface area contributed by atoms with E-state index in [4.69, 9.17) is 17.3 Å². The van der Waals surface area contributed by atoms with Gasteiger partial charge in [-0.2, -0.15) is 0 Å². The van der Waals surface area contributed by atoms with E-state index in [1.165, 1.54) is 11.8 Å². The van der Waals surface area contributed by atoms with Gasteiger partial charge in [-0.1, -0.05) is 59.8 Å². The van der Waals surface area contributed by atoms with Crippen LogP contribution in [0.4, 0.5) is 5.69 Å². The molecular formula is C23H24ClN5O2S. The topological polar surface area (TPSA) is 103 Å². The van der Waals surface area contributed by atoms with E-state index in [9.17, 15) is 9.59 Å². The number of aryl methyl sites for hydroxylation is 1. The molecule has 7 nitrogen and oxygen atoms in total. The van der Waals surface area contributed by atoms with Gasteiger partial charge in [0.1, 0.15) is 11.1 Å². The highest BCUT2D eigenvalue weighted by Crippen LogP contribution is 2.42. The molecule has 1 atom stereocenters. The van der Waals surface area contributed by atoms with E-state index in [1.807, 2.05) is 54.0 Å². The number of amides is 2. The van der Waals surface area contributed by atoms with Crippen LogP contribution in [0.2, 0.25) is 5.02 Å². The summed E-state index contributed by atoms with van der Waals surface area (Å²) in [4.78, 5) is 24.7. The lowest BCUT2D eigenvalue weighted by molar-refractivity contribution is -0.118. The van der Waals surface area contributed by atoms with Crippen LogP contribution in [0.15, 0.2) is 53.7 Å². The number of thioether (sulfide) groups is 1. The molecule has 0 bridgehead atoms. The van der Waals surface area contributed by atoms with E-state index < -0.39 is 5.25 Å². The third-order valence-electron chi connectivity index (χ3n) is 5.27. The van der Waals surface area contributed by atoms with Gasteiger partial charge in [-0.3, -0.25) is 9.59 Å². The average molecular weight is 470 g/mol. The first-order valence-corrected chi connectivity index (χ1v) is 11.7. The molecule has 1 heterocycles.